The van der Waals surface area contributed by atoms with Crippen molar-refractivity contribution < 1.29 is 5.11 Å². The van der Waals surface area contributed by atoms with E-state index in [0.717, 1.165) is 18.8 Å². The van der Waals surface area contributed by atoms with Crippen molar-refractivity contribution in [2.75, 3.05) is 13.6 Å². The van der Waals surface area contributed by atoms with Gasteiger partial charge in [0, 0.05) is 6.54 Å². The Labute approximate surface area is 76.4 Å². The Morgan fingerprint density at radius 3 is 2.42 bits per heavy atom. The summed E-state index contributed by atoms with van der Waals surface area (Å²) in [5.41, 5.74) is -0.524. The number of nitrogens with one attached hydrogen (secondary N) is 1. The first-order valence-corrected chi connectivity index (χ1v) is 4.85. The van der Waals surface area contributed by atoms with Crippen LogP contribution in [0.4, 0.5) is 0 Å². The van der Waals surface area contributed by atoms with E-state index < -0.39 is 5.60 Å². The smallest absolute Gasteiger partial charge is 0.0743 e. The number of hydrogen-bond donors (Lipinski definition) is 2. The van der Waals surface area contributed by atoms with Crippen molar-refractivity contribution >= 4 is 0 Å². The molecule has 1 atom stereocenters. The molecule has 0 rings (SSSR count). The van der Waals surface area contributed by atoms with Crippen LogP contribution in [0.2, 0.25) is 0 Å². The summed E-state index contributed by atoms with van der Waals surface area (Å²) in [6.45, 7) is 7.01. The van der Waals surface area contributed by atoms with E-state index in [-0.39, 0.29) is 0 Å². The molecule has 0 saturated heterocycles. The fraction of sp³-hybridized carbons (Fsp3) is 1.00. The van der Waals surface area contributed by atoms with E-state index in [1.165, 1.54) is 6.42 Å². The Morgan fingerprint density at radius 1 is 1.42 bits per heavy atom. The first kappa shape index (κ1) is 11.9. The third-order valence-electron chi connectivity index (χ3n) is 2.05. The third-order valence-corrected chi connectivity index (χ3v) is 2.05. The molecule has 0 heterocycles. The van der Waals surface area contributed by atoms with E-state index in [1.807, 2.05) is 14.0 Å². The van der Waals surface area contributed by atoms with E-state index in [4.69, 9.17) is 0 Å². The Morgan fingerprint density at radius 2 is 2.00 bits per heavy atom. The number of likely N-dealkylation sites (N-methyl/N-ethyl adjacent to an activating group) is 1. The summed E-state index contributed by atoms with van der Waals surface area (Å²) in [7, 11) is 1.87. The molecule has 2 nitrogen and oxygen atoms in total. The lowest BCUT2D eigenvalue weighted by atomic mass is 9.96. The molecule has 0 bridgehead atoms. The summed E-state index contributed by atoms with van der Waals surface area (Å²) in [4.78, 5) is 0. The maximum absolute atomic E-state index is 9.76. The Hall–Kier alpha value is -0.0800. The highest BCUT2D eigenvalue weighted by Gasteiger charge is 2.18. The zero-order chi connectivity index (χ0) is 9.61. The van der Waals surface area contributed by atoms with Gasteiger partial charge in [0.05, 0.1) is 5.60 Å². The molecule has 2 N–H and O–H groups in total. The van der Waals surface area contributed by atoms with Crippen LogP contribution in [0.1, 0.15) is 40.0 Å². The van der Waals surface area contributed by atoms with Gasteiger partial charge >= 0.3 is 0 Å². The molecule has 0 amide bonds. The standard InChI is InChI=1S/C10H23NO/c1-9(2)6-5-7-10(3,12)8-11-4/h9,11-12H,5-8H2,1-4H3. The molecule has 12 heavy (non-hydrogen) atoms. The van der Waals surface area contributed by atoms with E-state index >= 15 is 0 Å². The molecule has 0 fully saturated rings. The molecule has 0 aromatic rings. The molecule has 0 aromatic carbocycles. The van der Waals surface area contributed by atoms with Gasteiger partial charge in [-0.15, -0.1) is 0 Å². The van der Waals surface area contributed by atoms with Gasteiger partial charge in [-0.25, -0.2) is 0 Å². The van der Waals surface area contributed by atoms with Crippen LogP contribution < -0.4 is 5.32 Å². The van der Waals surface area contributed by atoms with E-state index in [1.54, 1.807) is 0 Å². The summed E-state index contributed by atoms with van der Waals surface area (Å²) in [6.07, 6.45) is 3.22. The van der Waals surface area contributed by atoms with Gasteiger partial charge in [0.15, 0.2) is 0 Å². The highest BCUT2D eigenvalue weighted by Crippen LogP contribution is 2.15. The fourth-order valence-electron chi connectivity index (χ4n) is 1.36. The monoisotopic (exact) mass is 173 g/mol. The minimum atomic E-state index is -0.524. The normalized spacial score (nSPS) is 16.5. The summed E-state index contributed by atoms with van der Waals surface area (Å²) >= 11 is 0. The quantitative estimate of drug-likeness (QED) is 0.642. The SMILES string of the molecule is CNCC(C)(O)CCCC(C)C. The Balaban J connectivity index is 3.46. The molecule has 0 spiro atoms. The van der Waals surface area contributed by atoms with Crippen LogP contribution in [-0.2, 0) is 0 Å². The second kappa shape index (κ2) is 5.55. The van der Waals surface area contributed by atoms with Gasteiger partial charge in [0.1, 0.15) is 0 Å². The topological polar surface area (TPSA) is 32.3 Å². The Kier molecular flexibility index (Phi) is 5.51. The summed E-state index contributed by atoms with van der Waals surface area (Å²) in [5.74, 6) is 0.746. The van der Waals surface area contributed by atoms with Crippen LogP contribution in [0.3, 0.4) is 0 Å². The molecular weight excluding hydrogens is 150 g/mol. The van der Waals surface area contributed by atoms with Gasteiger partial charge < -0.3 is 10.4 Å². The molecule has 2 heteroatoms. The maximum atomic E-state index is 9.76. The second-order valence-electron chi connectivity index (χ2n) is 4.31. The largest absolute Gasteiger partial charge is 0.389 e. The predicted octanol–water partition coefficient (Wildman–Crippen LogP) is 1.78. The summed E-state index contributed by atoms with van der Waals surface area (Å²) in [6, 6.07) is 0. The number of aliphatic hydroxyl groups is 1. The molecule has 0 aromatic heterocycles. The average molecular weight is 173 g/mol. The molecule has 0 aliphatic rings. The summed E-state index contributed by atoms with van der Waals surface area (Å²) in [5, 5.41) is 12.8. The van der Waals surface area contributed by atoms with Crippen molar-refractivity contribution in [1.29, 1.82) is 0 Å². The van der Waals surface area contributed by atoms with Gasteiger partial charge in [-0.2, -0.15) is 0 Å². The lowest BCUT2D eigenvalue weighted by Crippen LogP contribution is -2.36. The first-order valence-electron chi connectivity index (χ1n) is 4.85. The molecule has 74 valence electrons. The van der Waals surface area contributed by atoms with Crippen molar-refractivity contribution in [1.82, 2.24) is 5.32 Å². The van der Waals surface area contributed by atoms with Crippen LogP contribution in [0.15, 0.2) is 0 Å². The van der Waals surface area contributed by atoms with Crippen LogP contribution in [0, 0.1) is 5.92 Å². The van der Waals surface area contributed by atoms with E-state index in [9.17, 15) is 5.11 Å². The van der Waals surface area contributed by atoms with Crippen LogP contribution in [0.25, 0.3) is 0 Å². The molecule has 0 radical (unpaired) electrons. The molecule has 1 unspecified atom stereocenters. The third kappa shape index (κ3) is 6.62. The molecule has 0 saturated carbocycles. The van der Waals surface area contributed by atoms with Crippen molar-refractivity contribution in [3.63, 3.8) is 0 Å². The van der Waals surface area contributed by atoms with E-state index in [0.29, 0.717) is 6.54 Å². The minimum Gasteiger partial charge on any atom is -0.389 e. The van der Waals surface area contributed by atoms with Gasteiger partial charge in [-0.05, 0) is 26.3 Å². The van der Waals surface area contributed by atoms with Gasteiger partial charge in [-0.1, -0.05) is 26.7 Å². The number of hydrogen-bond acceptors (Lipinski definition) is 2. The van der Waals surface area contributed by atoms with Crippen molar-refractivity contribution in [3.05, 3.63) is 0 Å². The highest BCUT2D eigenvalue weighted by molar-refractivity contribution is 4.74. The van der Waals surface area contributed by atoms with Crippen molar-refractivity contribution in [3.8, 4) is 0 Å². The van der Waals surface area contributed by atoms with Crippen LogP contribution in [-0.4, -0.2) is 24.3 Å². The van der Waals surface area contributed by atoms with Gasteiger partial charge in [-0.3, -0.25) is 0 Å². The molecular formula is C10H23NO. The Bertz CT molecular complexity index is 110. The fourth-order valence-corrected chi connectivity index (χ4v) is 1.36. The molecule has 0 aliphatic heterocycles. The second-order valence-corrected chi connectivity index (χ2v) is 4.31. The average Bonchev–Trinajstić information content (AvgIpc) is 1.85. The molecule has 0 aliphatic carbocycles. The predicted molar refractivity (Wildman–Crippen MR) is 53.2 cm³/mol. The zero-order valence-corrected chi connectivity index (χ0v) is 8.85. The minimum absolute atomic E-state index is 0.524. The zero-order valence-electron chi connectivity index (χ0n) is 8.85. The maximum Gasteiger partial charge on any atom is 0.0743 e. The van der Waals surface area contributed by atoms with Crippen LogP contribution in [0.5, 0.6) is 0 Å². The number of rotatable bonds is 6. The first-order chi connectivity index (χ1) is 5.48. The summed E-state index contributed by atoms with van der Waals surface area (Å²) < 4.78 is 0. The van der Waals surface area contributed by atoms with Crippen molar-refractivity contribution in [2.24, 2.45) is 5.92 Å². The van der Waals surface area contributed by atoms with Gasteiger partial charge in [0.25, 0.3) is 0 Å². The van der Waals surface area contributed by atoms with Gasteiger partial charge in [0.2, 0.25) is 0 Å². The highest BCUT2D eigenvalue weighted by atomic mass is 16.3. The van der Waals surface area contributed by atoms with Crippen molar-refractivity contribution in [2.45, 2.75) is 45.6 Å². The van der Waals surface area contributed by atoms with Crippen LogP contribution >= 0.6 is 0 Å². The lowest BCUT2D eigenvalue weighted by Gasteiger charge is -2.22. The lowest BCUT2D eigenvalue weighted by molar-refractivity contribution is 0.0493. The van der Waals surface area contributed by atoms with E-state index in [2.05, 4.69) is 19.2 Å².